The summed E-state index contributed by atoms with van der Waals surface area (Å²) in [6.07, 6.45) is 1.47. The third kappa shape index (κ3) is 2.44. The highest BCUT2D eigenvalue weighted by molar-refractivity contribution is 9.09. The van der Waals surface area contributed by atoms with E-state index in [1.807, 2.05) is 6.92 Å². The van der Waals surface area contributed by atoms with Gasteiger partial charge in [-0.2, -0.15) is 0 Å². The van der Waals surface area contributed by atoms with Gasteiger partial charge in [-0.3, -0.25) is 9.36 Å². The average Bonchev–Trinajstić information content (AvgIpc) is 2.30. The Kier molecular flexibility index (Phi) is 3.38. The summed E-state index contributed by atoms with van der Waals surface area (Å²) in [4.78, 5) is 15.9. The van der Waals surface area contributed by atoms with E-state index in [1.165, 1.54) is 29.0 Å². The minimum atomic E-state index is -0.334. The summed E-state index contributed by atoms with van der Waals surface area (Å²) < 4.78 is 14.3. The maximum absolute atomic E-state index is 12.8. The van der Waals surface area contributed by atoms with Crippen molar-refractivity contribution >= 4 is 15.9 Å². The van der Waals surface area contributed by atoms with Gasteiger partial charge in [0.15, 0.2) is 0 Å². The molecule has 0 amide bonds. The number of benzene rings is 1. The monoisotopic (exact) mass is 296 g/mol. The van der Waals surface area contributed by atoms with Crippen LogP contribution >= 0.6 is 15.9 Å². The van der Waals surface area contributed by atoms with Crippen LogP contribution in [0.1, 0.15) is 17.6 Å². The quantitative estimate of drug-likeness (QED) is 0.799. The molecule has 0 saturated heterocycles. The van der Waals surface area contributed by atoms with Crippen molar-refractivity contribution in [2.45, 2.75) is 11.8 Å². The number of hydrogen-bond acceptors (Lipinski definition) is 2. The number of aromatic nitrogens is 2. The van der Waals surface area contributed by atoms with Crippen molar-refractivity contribution in [2.24, 2.45) is 0 Å². The van der Waals surface area contributed by atoms with Crippen molar-refractivity contribution in [3.05, 3.63) is 58.5 Å². The van der Waals surface area contributed by atoms with Gasteiger partial charge >= 0.3 is 0 Å². The number of rotatable bonds is 2. The Morgan fingerprint density at radius 2 is 1.94 bits per heavy atom. The molecule has 0 aliphatic heterocycles. The normalized spacial score (nSPS) is 12.4. The molecule has 17 heavy (non-hydrogen) atoms. The van der Waals surface area contributed by atoms with Gasteiger partial charge in [0, 0.05) is 12.3 Å². The summed E-state index contributed by atoms with van der Waals surface area (Å²) in [6, 6.07) is 7.12. The van der Waals surface area contributed by atoms with Crippen LogP contribution in [0.4, 0.5) is 4.39 Å². The number of alkyl halides is 1. The maximum atomic E-state index is 12.8. The van der Waals surface area contributed by atoms with E-state index in [2.05, 4.69) is 20.9 Å². The molecule has 88 valence electrons. The lowest BCUT2D eigenvalue weighted by atomic mass is 10.3. The molecule has 1 heterocycles. The first-order valence-electron chi connectivity index (χ1n) is 5.07. The molecule has 0 spiro atoms. The summed E-state index contributed by atoms with van der Waals surface area (Å²) in [6.45, 7) is 1.88. The van der Waals surface area contributed by atoms with Gasteiger partial charge in [0.1, 0.15) is 11.6 Å². The standard InChI is InChI=1S/C12H10BrFN2O/c1-8(13)12-15-7-6-11(17)16(12)10-4-2-9(14)3-5-10/h2-8H,1H3. The zero-order valence-corrected chi connectivity index (χ0v) is 10.7. The van der Waals surface area contributed by atoms with Gasteiger partial charge in [0.25, 0.3) is 5.56 Å². The summed E-state index contributed by atoms with van der Waals surface area (Å²) in [5.41, 5.74) is 0.415. The van der Waals surface area contributed by atoms with Gasteiger partial charge < -0.3 is 0 Å². The molecule has 1 aromatic heterocycles. The van der Waals surface area contributed by atoms with E-state index in [9.17, 15) is 9.18 Å². The van der Waals surface area contributed by atoms with Crippen molar-refractivity contribution < 1.29 is 4.39 Å². The number of halogens is 2. The molecule has 2 aromatic rings. The van der Waals surface area contributed by atoms with Crippen molar-refractivity contribution in [1.29, 1.82) is 0 Å². The van der Waals surface area contributed by atoms with E-state index in [1.54, 1.807) is 12.1 Å². The fourth-order valence-corrected chi connectivity index (χ4v) is 1.88. The molecule has 0 aliphatic carbocycles. The molecule has 0 bridgehead atoms. The largest absolute Gasteiger partial charge is 0.269 e. The summed E-state index contributed by atoms with van der Waals surface area (Å²) in [7, 11) is 0. The Hall–Kier alpha value is -1.49. The molecule has 0 aliphatic rings. The van der Waals surface area contributed by atoms with E-state index in [0.29, 0.717) is 11.5 Å². The highest BCUT2D eigenvalue weighted by Crippen LogP contribution is 2.20. The zero-order chi connectivity index (χ0) is 12.4. The third-order valence-electron chi connectivity index (χ3n) is 2.31. The lowest BCUT2D eigenvalue weighted by Crippen LogP contribution is -2.22. The fraction of sp³-hybridized carbons (Fsp3) is 0.167. The number of hydrogen-bond donors (Lipinski definition) is 0. The van der Waals surface area contributed by atoms with Crippen molar-refractivity contribution in [3.63, 3.8) is 0 Å². The van der Waals surface area contributed by atoms with Crippen LogP contribution in [0.2, 0.25) is 0 Å². The van der Waals surface area contributed by atoms with Gasteiger partial charge in [-0.1, -0.05) is 15.9 Å². The second-order valence-corrected chi connectivity index (χ2v) is 4.94. The minimum Gasteiger partial charge on any atom is -0.269 e. The molecule has 0 fully saturated rings. The van der Waals surface area contributed by atoms with Crippen LogP contribution in [0.3, 0.4) is 0 Å². The zero-order valence-electron chi connectivity index (χ0n) is 9.10. The average molecular weight is 297 g/mol. The van der Waals surface area contributed by atoms with E-state index in [0.717, 1.165) is 0 Å². The second kappa shape index (κ2) is 4.79. The molecule has 1 atom stereocenters. The molecule has 0 radical (unpaired) electrons. The maximum Gasteiger partial charge on any atom is 0.258 e. The highest BCUT2D eigenvalue weighted by atomic mass is 79.9. The van der Waals surface area contributed by atoms with Crippen LogP contribution in [-0.2, 0) is 0 Å². The van der Waals surface area contributed by atoms with Crippen LogP contribution < -0.4 is 5.56 Å². The van der Waals surface area contributed by atoms with Crippen LogP contribution in [0, 0.1) is 5.82 Å². The molecule has 1 aromatic carbocycles. The van der Waals surface area contributed by atoms with E-state index >= 15 is 0 Å². The first-order valence-corrected chi connectivity index (χ1v) is 5.99. The Morgan fingerprint density at radius 3 is 2.53 bits per heavy atom. The van der Waals surface area contributed by atoms with E-state index in [4.69, 9.17) is 0 Å². The Balaban J connectivity index is 2.65. The highest BCUT2D eigenvalue weighted by Gasteiger charge is 2.11. The SMILES string of the molecule is CC(Br)c1nccc(=O)n1-c1ccc(F)cc1. The van der Waals surface area contributed by atoms with E-state index in [-0.39, 0.29) is 16.2 Å². The minimum absolute atomic E-state index is 0.0681. The molecule has 3 nitrogen and oxygen atoms in total. The molecule has 0 N–H and O–H groups in total. The Morgan fingerprint density at radius 1 is 1.29 bits per heavy atom. The van der Waals surface area contributed by atoms with Gasteiger partial charge in [0.2, 0.25) is 0 Å². The fourth-order valence-electron chi connectivity index (χ4n) is 1.55. The topological polar surface area (TPSA) is 34.9 Å². The van der Waals surface area contributed by atoms with Gasteiger partial charge in [-0.25, -0.2) is 9.37 Å². The molecule has 5 heteroatoms. The van der Waals surface area contributed by atoms with Crippen molar-refractivity contribution in [3.8, 4) is 5.69 Å². The van der Waals surface area contributed by atoms with Crippen LogP contribution in [0.25, 0.3) is 5.69 Å². The Bertz CT molecular complexity index is 578. The summed E-state index contributed by atoms with van der Waals surface area (Å²) in [5, 5.41) is 0. The van der Waals surface area contributed by atoms with Gasteiger partial charge in [-0.15, -0.1) is 0 Å². The molecule has 1 unspecified atom stereocenters. The van der Waals surface area contributed by atoms with Crippen LogP contribution in [0.15, 0.2) is 41.3 Å². The van der Waals surface area contributed by atoms with Gasteiger partial charge in [0.05, 0.1) is 10.5 Å². The number of nitrogens with zero attached hydrogens (tertiary/aromatic N) is 2. The Labute approximate surface area is 106 Å². The van der Waals surface area contributed by atoms with Crippen LogP contribution in [-0.4, -0.2) is 9.55 Å². The first kappa shape index (κ1) is 12.0. The lowest BCUT2D eigenvalue weighted by Gasteiger charge is -2.12. The smallest absolute Gasteiger partial charge is 0.258 e. The predicted octanol–water partition coefficient (Wildman–Crippen LogP) is 2.83. The van der Waals surface area contributed by atoms with Gasteiger partial charge in [-0.05, 0) is 31.2 Å². The predicted molar refractivity (Wildman–Crippen MR) is 67.1 cm³/mol. The summed E-state index contributed by atoms with van der Waals surface area (Å²) >= 11 is 3.38. The molecule has 2 rings (SSSR count). The third-order valence-corrected chi connectivity index (χ3v) is 2.72. The summed E-state index contributed by atoms with van der Waals surface area (Å²) in [5.74, 6) is 0.253. The second-order valence-electron chi connectivity index (χ2n) is 3.57. The van der Waals surface area contributed by atoms with Crippen LogP contribution in [0.5, 0.6) is 0 Å². The first-order chi connectivity index (χ1) is 8.09. The van der Waals surface area contributed by atoms with E-state index < -0.39 is 0 Å². The van der Waals surface area contributed by atoms with Crippen molar-refractivity contribution in [1.82, 2.24) is 9.55 Å². The molecular weight excluding hydrogens is 287 g/mol. The molecular formula is C12H10BrFN2O. The lowest BCUT2D eigenvalue weighted by molar-refractivity contribution is 0.627. The van der Waals surface area contributed by atoms with Crippen molar-refractivity contribution in [2.75, 3.05) is 0 Å². The molecule has 0 saturated carbocycles.